The highest BCUT2D eigenvalue weighted by molar-refractivity contribution is 5.18. The number of aromatic nitrogens is 1. The highest BCUT2D eigenvalue weighted by Gasteiger charge is 2.20. The summed E-state index contributed by atoms with van der Waals surface area (Å²) >= 11 is 0. The van der Waals surface area contributed by atoms with Crippen LogP contribution in [0.15, 0.2) is 18.3 Å². The second-order valence-electron chi connectivity index (χ2n) is 4.61. The summed E-state index contributed by atoms with van der Waals surface area (Å²) in [6.45, 7) is 6.73. The van der Waals surface area contributed by atoms with E-state index in [4.69, 9.17) is 0 Å². The molecule has 2 rings (SSSR count). The SMILES string of the molecule is Cc1ccc(C(C)C2CCNCC2)cn1. The van der Waals surface area contributed by atoms with Gasteiger partial charge in [0.15, 0.2) is 0 Å². The van der Waals surface area contributed by atoms with Crippen LogP contribution in [0, 0.1) is 12.8 Å². The minimum absolute atomic E-state index is 0.653. The molecule has 1 aliphatic heterocycles. The minimum atomic E-state index is 0.653. The Morgan fingerprint density at radius 3 is 2.67 bits per heavy atom. The van der Waals surface area contributed by atoms with Crippen molar-refractivity contribution in [2.45, 2.75) is 32.6 Å². The van der Waals surface area contributed by atoms with E-state index in [1.54, 1.807) is 0 Å². The van der Waals surface area contributed by atoms with E-state index in [9.17, 15) is 0 Å². The Hall–Kier alpha value is -0.890. The van der Waals surface area contributed by atoms with Gasteiger partial charge < -0.3 is 5.32 Å². The number of nitrogens with one attached hydrogen (secondary N) is 1. The molecule has 2 heteroatoms. The lowest BCUT2D eigenvalue weighted by atomic mass is 9.82. The third-order valence-electron chi connectivity index (χ3n) is 3.55. The molecular formula is C13H20N2. The predicted octanol–water partition coefficient (Wildman–Crippen LogP) is 2.49. The standard InChI is InChI=1S/C13H20N2/c1-10-3-4-13(9-15-10)11(2)12-5-7-14-8-6-12/h3-4,9,11-12,14H,5-8H2,1-2H3. The van der Waals surface area contributed by atoms with Crippen LogP contribution in [-0.4, -0.2) is 18.1 Å². The molecule has 1 aromatic rings. The molecule has 1 fully saturated rings. The smallest absolute Gasteiger partial charge is 0.0372 e. The highest BCUT2D eigenvalue weighted by atomic mass is 14.9. The average Bonchev–Trinajstić information content (AvgIpc) is 2.30. The zero-order valence-electron chi connectivity index (χ0n) is 9.66. The Labute approximate surface area is 92.1 Å². The van der Waals surface area contributed by atoms with Gasteiger partial charge in [-0.05, 0) is 56.3 Å². The summed E-state index contributed by atoms with van der Waals surface area (Å²) < 4.78 is 0. The fourth-order valence-corrected chi connectivity index (χ4v) is 2.37. The van der Waals surface area contributed by atoms with E-state index in [1.807, 2.05) is 13.1 Å². The zero-order chi connectivity index (χ0) is 10.7. The molecule has 0 saturated carbocycles. The number of nitrogens with zero attached hydrogens (tertiary/aromatic N) is 1. The van der Waals surface area contributed by atoms with E-state index in [0.717, 1.165) is 11.6 Å². The lowest BCUT2D eigenvalue weighted by Gasteiger charge is -2.28. The van der Waals surface area contributed by atoms with Gasteiger partial charge in [-0.1, -0.05) is 13.0 Å². The Morgan fingerprint density at radius 1 is 1.33 bits per heavy atom. The highest BCUT2D eigenvalue weighted by Crippen LogP contribution is 2.29. The third-order valence-corrected chi connectivity index (χ3v) is 3.55. The summed E-state index contributed by atoms with van der Waals surface area (Å²) in [5.74, 6) is 1.48. The number of hydrogen-bond donors (Lipinski definition) is 1. The molecule has 0 amide bonds. The van der Waals surface area contributed by atoms with Crippen molar-refractivity contribution in [2.24, 2.45) is 5.92 Å². The number of pyridine rings is 1. The molecule has 1 aromatic heterocycles. The molecule has 0 radical (unpaired) electrons. The van der Waals surface area contributed by atoms with Crippen molar-refractivity contribution < 1.29 is 0 Å². The Morgan fingerprint density at radius 2 is 2.07 bits per heavy atom. The molecule has 1 unspecified atom stereocenters. The number of aryl methyl sites for hydroxylation is 1. The van der Waals surface area contributed by atoms with Gasteiger partial charge in [-0.25, -0.2) is 0 Å². The zero-order valence-corrected chi connectivity index (χ0v) is 9.66. The lowest BCUT2D eigenvalue weighted by molar-refractivity contribution is 0.330. The maximum Gasteiger partial charge on any atom is 0.0372 e. The van der Waals surface area contributed by atoms with Crippen LogP contribution in [0.4, 0.5) is 0 Å². The molecule has 1 aliphatic rings. The fourth-order valence-electron chi connectivity index (χ4n) is 2.37. The first-order valence-corrected chi connectivity index (χ1v) is 5.90. The largest absolute Gasteiger partial charge is 0.317 e. The Balaban J connectivity index is 2.05. The lowest BCUT2D eigenvalue weighted by Crippen LogP contribution is -2.30. The quantitative estimate of drug-likeness (QED) is 0.800. The van der Waals surface area contributed by atoms with Crippen molar-refractivity contribution in [3.05, 3.63) is 29.6 Å². The van der Waals surface area contributed by atoms with Crippen molar-refractivity contribution >= 4 is 0 Å². The van der Waals surface area contributed by atoms with Crippen molar-refractivity contribution in [2.75, 3.05) is 13.1 Å². The monoisotopic (exact) mass is 204 g/mol. The van der Waals surface area contributed by atoms with Crippen molar-refractivity contribution in [3.63, 3.8) is 0 Å². The second-order valence-corrected chi connectivity index (χ2v) is 4.61. The Bertz CT molecular complexity index is 299. The summed E-state index contributed by atoms with van der Waals surface area (Å²) in [5.41, 5.74) is 2.50. The first kappa shape index (κ1) is 10.6. The van der Waals surface area contributed by atoms with Gasteiger partial charge in [0.1, 0.15) is 0 Å². The molecule has 1 atom stereocenters. The first-order chi connectivity index (χ1) is 7.27. The molecule has 1 saturated heterocycles. The maximum absolute atomic E-state index is 4.38. The molecule has 0 spiro atoms. The topological polar surface area (TPSA) is 24.9 Å². The van der Waals surface area contributed by atoms with Crippen LogP contribution in [0.3, 0.4) is 0 Å². The van der Waals surface area contributed by atoms with Crippen LogP contribution in [-0.2, 0) is 0 Å². The number of hydrogen-bond acceptors (Lipinski definition) is 2. The number of piperidine rings is 1. The molecular weight excluding hydrogens is 184 g/mol. The maximum atomic E-state index is 4.38. The van der Waals surface area contributed by atoms with E-state index in [1.165, 1.54) is 31.5 Å². The van der Waals surface area contributed by atoms with Crippen molar-refractivity contribution in [1.82, 2.24) is 10.3 Å². The Kier molecular flexibility index (Phi) is 3.37. The summed E-state index contributed by atoms with van der Waals surface area (Å²) in [4.78, 5) is 4.38. The van der Waals surface area contributed by atoms with Crippen LogP contribution >= 0.6 is 0 Å². The molecule has 82 valence electrons. The van der Waals surface area contributed by atoms with E-state index in [0.29, 0.717) is 5.92 Å². The van der Waals surface area contributed by atoms with Crippen LogP contribution in [0.2, 0.25) is 0 Å². The minimum Gasteiger partial charge on any atom is -0.317 e. The molecule has 2 nitrogen and oxygen atoms in total. The molecule has 15 heavy (non-hydrogen) atoms. The fraction of sp³-hybridized carbons (Fsp3) is 0.615. The average molecular weight is 204 g/mol. The molecule has 0 bridgehead atoms. The van der Waals surface area contributed by atoms with Gasteiger partial charge in [-0.15, -0.1) is 0 Å². The van der Waals surface area contributed by atoms with Crippen LogP contribution in [0.25, 0.3) is 0 Å². The molecule has 0 aromatic carbocycles. The second kappa shape index (κ2) is 4.75. The predicted molar refractivity (Wildman–Crippen MR) is 63.0 cm³/mol. The van der Waals surface area contributed by atoms with E-state index < -0.39 is 0 Å². The van der Waals surface area contributed by atoms with Gasteiger partial charge in [0.25, 0.3) is 0 Å². The van der Waals surface area contributed by atoms with Crippen LogP contribution in [0.1, 0.15) is 36.9 Å². The van der Waals surface area contributed by atoms with E-state index >= 15 is 0 Å². The number of rotatable bonds is 2. The third kappa shape index (κ3) is 2.57. The summed E-state index contributed by atoms with van der Waals surface area (Å²) in [6, 6.07) is 4.35. The summed E-state index contributed by atoms with van der Waals surface area (Å²) in [7, 11) is 0. The van der Waals surface area contributed by atoms with Gasteiger partial charge in [0.2, 0.25) is 0 Å². The summed E-state index contributed by atoms with van der Waals surface area (Å²) in [5, 5.41) is 3.41. The molecule has 1 N–H and O–H groups in total. The van der Waals surface area contributed by atoms with Crippen LogP contribution < -0.4 is 5.32 Å². The summed E-state index contributed by atoms with van der Waals surface area (Å²) in [6.07, 6.45) is 4.64. The molecule has 0 aliphatic carbocycles. The van der Waals surface area contributed by atoms with E-state index in [2.05, 4.69) is 29.4 Å². The van der Waals surface area contributed by atoms with Gasteiger partial charge in [0.05, 0.1) is 0 Å². The van der Waals surface area contributed by atoms with Gasteiger partial charge >= 0.3 is 0 Å². The van der Waals surface area contributed by atoms with Crippen molar-refractivity contribution in [3.8, 4) is 0 Å². The van der Waals surface area contributed by atoms with Gasteiger partial charge in [-0.3, -0.25) is 4.98 Å². The normalized spacial score (nSPS) is 20.1. The van der Waals surface area contributed by atoms with Gasteiger partial charge in [-0.2, -0.15) is 0 Å². The first-order valence-electron chi connectivity index (χ1n) is 5.90. The molecule has 2 heterocycles. The van der Waals surface area contributed by atoms with Crippen molar-refractivity contribution in [1.29, 1.82) is 0 Å². The van der Waals surface area contributed by atoms with Crippen LogP contribution in [0.5, 0.6) is 0 Å². The van der Waals surface area contributed by atoms with Gasteiger partial charge in [0, 0.05) is 11.9 Å². The van der Waals surface area contributed by atoms with E-state index in [-0.39, 0.29) is 0 Å².